The number of nitrogen functional groups attached to an aromatic ring is 1. The van der Waals surface area contributed by atoms with Crippen LogP contribution >= 0.6 is 11.3 Å². The van der Waals surface area contributed by atoms with Crippen molar-refractivity contribution in [2.45, 2.75) is 0 Å². The van der Waals surface area contributed by atoms with E-state index in [2.05, 4.69) is 4.98 Å². The second-order valence-corrected chi connectivity index (χ2v) is 2.58. The fraction of sp³-hybridized carbons (Fsp3) is 0. The van der Waals surface area contributed by atoms with E-state index >= 15 is 0 Å². The van der Waals surface area contributed by atoms with E-state index in [-0.39, 0.29) is 0 Å². The molecule has 0 amide bonds. The molecule has 0 unspecified atom stereocenters. The lowest BCUT2D eigenvalue weighted by atomic mass is 10.1. The quantitative estimate of drug-likeness (QED) is 0.436. The molecule has 0 aliphatic carbocycles. The normalized spacial score (nSPS) is 9.14. The summed E-state index contributed by atoms with van der Waals surface area (Å²) in [4.78, 5) is 3.81. The van der Waals surface area contributed by atoms with E-state index in [1.54, 1.807) is 6.20 Å². The van der Waals surface area contributed by atoms with Crippen molar-refractivity contribution in [3.8, 4) is 0 Å². The second-order valence-electron chi connectivity index (χ2n) is 1.31. The zero-order valence-electron chi connectivity index (χ0n) is 4.01. The lowest BCUT2D eigenvalue weighted by Crippen LogP contribution is -1.89. The molecule has 0 saturated heterocycles. The van der Waals surface area contributed by atoms with Gasteiger partial charge in [0.1, 0.15) is 0 Å². The van der Waals surface area contributed by atoms with Crippen LogP contribution in [0.15, 0.2) is 6.20 Å². The number of hydrogen-bond acceptors (Lipinski definition) is 3. The highest BCUT2D eigenvalue weighted by Gasteiger charge is 1.86. The molecular formula is C3H5BN2S. The highest BCUT2D eigenvalue weighted by Crippen LogP contribution is 1.98. The van der Waals surface area contributed by atoms with Crippen LogP contribution in [0.2, 0.25) is 0 Å². The Morgan fingerprint density at radius 2 is 2.57 bits per heavy atom. The minimum absolute atomic E-state index is 0.650. The van der Waals surface area contributed by atoms with Crippen LogP contribution in [0.5, 0.6) is 0 Å². The van der Waals surface area contributed by atoms with Crippen molar-refractivity contribution in [1.29, 1.82) is 0 Å². The summed E-state index contributed by atoms with van der Waals surface area (Å²) >= 11 is 1.51. The molecule has 0 fully saturated rings. The van der Waals surface area contributed by atoms with Crippen LogP contribution in [-0.2, 0) is 0 Å². The number of nitrogens with zero attached hydrogens (tertiary/aromatic N) is 1. The maximum Gasteiger partial charge on any atom is 0.179 e. The third-order valence-electron chi connectivity index (χ3n) is 0.639. The Hall–Kier alpha value is -0.505. The summed E-state index contributed by atoms with van der Waals surface area (Å²) in [6, 6.07) is 0. The Morgan fingerprint density at radius 1 is 1.86 bits per heavy atom. The molecule has 1 rings (SSSR count). The maximum absolute atomic E-state index is 5.29. The van der Waals surface area contributed by atoms with Gasteiger partial charge in [0.15, 0.2) is 13.0 Å². The van der Waals surface area contributed by atoms with Gasteiger partial charge in [-0.05, 0) is 4.78 Å². The molecular weight excluding hydrogens is 107 g/mol. The van der Waals surface area contributed by atoms with Crippen LogP contribution in [0.4, 0.5) is 5.13 Å². The molecule has 0 saturated carbocycles. The molecule has 0 aromatic carbocycles. The van der Waals surface area contributed by atoms with Gasteiger partial charge >= 0.3 is 0 Å². The highest BCUT2D eigenvalue weighted by atomic mass is 32.1. The number of hydrogen-bond donors (Lipinski definition) is 1. The average Bonchev–Trinajstić information content (AvgIpc) is 1.87. The van der Waals surface area contributed by atoms with Crippen LogP contribution < -0.4 is 10.5 Å². The van der Waals surface area contributed by atoms with Crippen LogP contribution in [0.25, 0.3) is 0 Å². The first kappa shape index (κ1) is 4.65. The Morgan fingerprint density at radius 3 is 2.71 bits per heavy atom. The van der Waals surface area contributed by atoms with Crippen molar-refractivity contribution >= 4 is 29.1 Å². The average molecular weight is 112 g/mol. The Labute approximate surface area is 46.8 Å². The smallest absolute Gasteiger partial charge is 0.179 e. The minimum atomic E-state index is 0.650. The molecule has 36 valence electrons. The third-order valence-corrected chi connectivity index (χ3v) is 1.38. The number of rotatable bonds is 0. The predicted molar refractivity (Wildman–Crippen MR) is 34.7 cm³/mol. The summed E-state index contributed by atoms with van der Waals surface area (Å²) in [6.07, 6.45) is 1.76. The van der Waals surface area contributed by atoms with E-state index in [1.165, 1.54) is 11.3 Å². The summed E-state index contributed by atoms with van der Waals surface area (Å²) in [7, 11) is 1.98. The molecule has 0 atom stereocenters. The zero-order chi connectivity index (χ0) is 5.28. The molecule has 7 heavy (non-hydrogen) atoms. The largest absolute Gasteiger partial charge is 0.375 e. The van der Waals surface area contributed by atoms with E-state index in [1.807, 2.05) is 7.85 Å². The topological polar surface area (TPSA) is 38.9 Å². The van der Waals surface area contributed by atoms with Crippen LogP contribution in [0.3, 0.4) is 0 Å². The first-order valence-corrected chi connectivity index (χ1v) is 2.78. The van der Waals surface area contributed by atoms with Gasteiger partial charge in [-0.1, -0.05) is 0 Å². The summed E-state index contributed by atoms with van der Waals surface area (Å²) in [6.45, 7) is 0. The molecule has 0 radical (unpaired) electrons. The monoisotopic (exact) mass is 112 g/mol. The maximum atomic E-state index is 5.29. The molecule has 1 aromatic rings. The van der Waals surface area contributed by atoms with Crippen LogP contribution in [0, 0.1) is 0 Å². The number of aromatic nitrogens is 1. The van der Waals surface area contributed by atoms with Crippen LogP contribution in [0.1, 0.15) is 0 Å². The summed E-state index contributed by atoms with van der Waals surface area (Å²) in [5.74, 6) is 0. The van der Waals surface area contributed by atoms with Gasteiger partial charge in [0, 0.05) is 6.20 Å². The lowest BCUT2D eigenvalue weighted by Gasteiger charge is -1.70. The zero-order valence-corrected chi connectivity index (χ0v) is 4.83. The second kappa shape index (κ2) is 1.54. The van der Waals surface area contributed by atoms with E-state index in [0.717, 1.165) is 4.78 Å². The van der Waals surface area contributed by atoms with Crippen molar-refractivity contribution in [2.24, 2.45) is 0 Å². The Balaban J connectivity index is 3.04. The molecule has 4 heteroatoms. The van der Waals surface area contributed by atoms with Crippen molar-refractivity contribution in [3.05, 3.63) is 6.20 Å². The van der Waals surface area contributed by atoms with E-state index < -0.39 is 0 Å². The van der Waals surface area contributed by atoms with Gasteiger partial charge < -0.3 is 5.73 Å². The summed E-state index contributed by atoms with van der Waals surface area (Å²) in [5, 5.41) is 0.650. The standard InChI is InChI=1S/C3H5BN2S/c4-2-1-6-3(5)7-2/h1H,4H2,(H2,5,6). The molecule has 2 N–H and O–H groups in total. The first-order valence-electron chi connectivity index (χ1n) is 1.97. The SMILES string of the molecule is Bc1cnc(N)s1. The molecule has 0 bridgehead atoms. The number of nitrogens with two attached hydrogens (primary N) is 1. The Bertz CT molecular complexity index is 145. The first-order chi connectivity index (χ1) is 3.29. The van der Waals surface area contributed by atoms with Gasteiger partial charge in [0.05, 0.1) is 0 Å². The van der Waals surface area contributed by atoms with Gasteiger partial charge in [-0.25, -0.2) is 4.98 Å². The van der Waals surface area contributed by atoms with Gasteiger partial charge in [0.2, 0.25) is 0 Å². The lowest BCUT2D eigenvalue weighted by molar-refractivity contribution is 1.44. The number of anilines is 1. The highest BCUT2D eigenvalue weighted by molar-refractivity contribution is 7.22. The van der Waals surface area contributed by atoms with Gasteiger partial charge in [-0.2, -0.15) is 0 Å². The molecule has 1 aromatic heterocycles. The third kappa shape index (κ3) is 0.930. The van der Waals surface area contributed by atoms with E-state index in [9.17, 15) is 0 Å². The fourth-order valence-electron chi connectivity index (χ4n) is 0.372. The molecule has 1 heterocycles. The molecule has 0 aliphatic heterocycles. The minimum Gasteiger partial charge on any atom is -0.375 e. The fourth-order valence-corrected chi connectivity index (χ4v) is 0.913. The Kier molecular flexibility index (Phi) is 1.02. The van der Waals surface area contributed by atoms with Crippen molar-refractivity contribution in [3.63, 3.8) is 0 Å². The van der Waals surface area contributed by atoms with Crippen molar-refractivity contribution in [2.75, 3.05) is 5.73 Å². The van der Waals surface area contributed by atoms with Gasteiger partial charge in [-0.3, -0.25) is 0 Å². The summed E-state index contributed by atoms with van der Waals surface area (Å²) in [5.41, 5.74) is 5.29. The predicted octanol–water partition coefficient (Wildman–Crippen LogP) is -1.02. The molecule has 0 aliphatic rings. The van der Waals surface area contributed by atoms with E-state index in [0.29, 0.717) is 5.13 Å². The molecule has 2 nitrogen and oxygen atoms in total. The molecule has 0 spiro atoms. The van der Waals surface area contributed by atoms with Gasteiger partial charge in [0.25, 0.3) is 0 Å². The summed E-state index contributed by atoms with van der Waals surface area (Å²) < 4.78 is 1.16. The van der Waals surface area contributed by atoms with Gasteiger partial charge in [-0.15, -0.1) is 11.3 Å². The van der Waals surface area contributed by atoms with E-state index in [4.69, 9.17) is 5.73 Å². The number of thiazole rings is 1. The van der Waals surface area contributed by atoms with Crippen molar-refractivity contribution < 1.29 is 0 Å². The van der Waals surface area contributed by atoms with Crippen LogP contribution in [-0.4, -0.2) is 12.8 Å². The van der Waals surface area contributed by atoms with Crippen molar-refractivity contribution in [1.82, 2.24) is 4.98 Å².